The van der Waals surface area contributed by atoms with Crippen molar-refractivity contribution in [3.63, 3.8) is 0 Å². The number of carbonyl (C=O) groups is 2. The van der Waals surface area contributed by atoms with Crippen molar-refractivity contribution in [3.8, 4) is 17.2 Å². The van der Waals surface area contributed by atoms with Gasteiger partial charge in [-0.25, -0.2) is 0 Å². The van der Waals surface area contributed by atoms with E-state index in [4.69, 9.17) is 28.4 Å². The monoisotopic (exact) mass is 787 g/mol. The molecule has 3 fully saturated rings. The van der Waals surface area contributed by atoms with Gasteiger partial charge in [-0.1, -0.05) is 6.92 Å². The highest BCUT2D eigenvalue weighted by molar-refractivity contribution is 6.31. The number of benzene rings is 2. The Bertz CT molecular complexity index is 1830. The van der Waals surface area contributed by atoms with Crippen molar-refractivity contribution in [2.45, 2.75) is 152 Å². The average molecular weight is 788 g/mol. The fourth-order valence-electron chi connectivity index (χ4n) is 8.93. The summed E-state index contributed by atoms with van der Waals surface area (Å²) in [5, 5.41) is 76.9. The number of phenols is 3. The van der Waals surface area contributed by atoms with Gasteiger partial charge in [0.1, 0.15) is 35.6 Å². The van der Waals surface area contributed by atoms with E-state index in [1.54, 1.807) is 20.8 Å². The zero-order chi connectivity index (χ0) is 40.5. The van der Waals surface area contributed by atoms with E-state index in [9.17, 15) is 45.3 Å². The zero-order valence-electron chi connectivity index (χ0n) is 32.3. The van der Waals surface area contributed by atoms with E-state index in [0.29, 0.717) is 12.8 Å². The molecule has 3 saturated heterocycles. The molecular formula is C40H53NO15. The fourth-order valence-corrected chi connectivity index (χ4v) is 8.93. The number of hydrogen-bond donors (Lipinski definition) is 7. The topological polar surface area (TPSA) is 234 Å². The molecule has 0 saturated carbocycles. The maximum absolute atomic E-state index is 13.8. The molecular weight excluding hydrogens is 734 g/mol. The first kappa shape index (κ1) is 40.9. The number of rotatable bonds is 8. The third-order valence-corrected chi connectivity index (χ3v) is 12.2. The molecule has 0 aromatic heterocycles. The Hall–Kier alpha value is -3.26. The molecule has 0 spiro atoms. The number of nitrogens with zero attached hydrogens (tertiary/aromatic N) is 1. The lowest BCUT2D eigenvalue weighted by Gasteiger charge is -2.48. The highest BCUT2D eigenvalue weighted by Gasteiger charge is 2.51. The van der Waals surface area contributed by atoms with Crippen LogP contribution in [0.4, 0.5) is 0 Å². The second kappa shape index (κ2) is 15.5. The Morgan fingerprint density at radius 2 is 1.36 bits per heavy atom. The van der Waals surface area contributed by atoms with Crippen LogP contribution < -0.4 is 0 Å². The van der Waals surface area contributed by atoms with E-state index in [1.807, 2.05) is 25.9 Å². The van der Waals surface area contributed by atoms with Gasteiger partial charge in [0.15, 0.2) is 24.7 Å². The summed E-state index contributed by atoms with van der Waals surface area (Å²) in [7, 11) is 3.75. The van der Waals surface area contributed by atoms with Crippen LogP contribution in [-0.2, 0) is 28.4 Å². The minimum atomic E-state index is -1.81. The van der Waals surface area contributed by atoms with E-state index in [2.05, 4.69) is 0 Å². The van der Waals surface area contributed by atoms with Gasteiger partial charge in [-0.05, 0) is 71.5 Å². The zero-order valence-corrected chi connectivity index (χ0v) is 32.3. The van der Waals surface area contributed by atoms with Crippen molar-refractivity contribution in [3.05, 3.63) is 51.6 Å². The Labute approximate surface area is 324 Å². The van der Waals surface area contributed by atoms with E-state index in [1.165, 1.54) is 6.07 Å². The minimum Gasteiger partial charge on any atom is -0.507 e. The Kier molecular flexibility index (Phi) is 11.3. The quantitative estimate of drug-likeness (QED) is 0.163. The number of aromatic hydroxyl groups is 3. The van der Waals surface area contributed by atoms with Crippen LogP contribution in [0.25, 0.3) is 0 Å². The molecule has 56 heavy (non-hydrogen) atoms. The van der Waals surface area contributed by atoms with E-state index in [0.717, 1.165) is 12.1 Å². The molecule has 2 aliphatic carbocycles. The highest BCUT2D eigenvalue weighted by atomic mass is 16.7. The van der Waals surface area contributed by atoms with Crippen molar-refractivity contribution < 1.29 is 73.8 Å². The van der Waals surface area contributed by atoms with Gasteiger partial charge in [-0.15, -0.1) is 0 Å². The molecule has 7 rings (SSSR count). The summed E-state index contributed by atoms with van der Waals surface area (Å²) in [6, 6.07) is 3.18. The van der Waals surface area contributed by atoms with Crippen LogP contribution in [0.5, 0.6) is 17.2 Å². The lowest BCUT2D eigenvalue weighted by atomic mass is 9.71. The van der Waals surface area contributed by atoms with Crippen molar-refractivity contribution in [2.24, 2.45) is 0 Å². The van der Waals surface area contributed by atoms with Crippen LogP contribution >= 0.6 is 0 Å². The van der Waals surface area contributed by atoms with Gasteiger partial charge in [-0.3, -0.25) is 9.59 Å². The summed E-state index contributed by atoms with van der Waals surface area (Å²) < 4.78 is 37.5. The summed E-state index contributed by atoms with van der Waals surface area (Å²) in [6.45, 7) is 7.04. The molecule has 3 heterocycles. The van der Waals surface area contributed by atoms with Crippen molar-refractivity contribution in [1.82, 2.24) is 4.90 Å². The number of aliphatic hydroxyl groups excluding tert-OH is 3. The van der Waals surface area contributed by atoms with Crippen LogP contribution in [0.1, 0.15) is 121 Å². The van der Waals surface area contributed by atoms with Crippen LogP contribution in [0.15, 0.2) is 18.2 Å². The maximum Gasteiger partial charge on any atom is 0.202 e. The highest BCUT2D eigenvalue weighted by Crippen LogP contribution is 2.53. The summed E-state index contributed by atoms with van der Waals surface area (Å²) in [5.41, 5.74) is -3.44. The number of phenolic OH excluding ortho intramolecular Hbond substituents is 3. The van der Waals surface area contributed by atoms with E-state index < -0.39 is 119 Å². The molecule has 2 aromatic rings. The normalized spacial score (nSPS) is 38.6. The van der Waals surface area contributed by atoms with Gasteiger partial charge in [0.25, 0.3) is 0 Å². The van der Waals surface area contributed by atoms with E-state index in [-0.39, 0.29) is 54.5 Å². The molecule has 0 bridgehead atoms. The number of ketones is 2. The standard InChI is InChI=1S/C40H53NO15/c1-7-40(50)15-26(19-12-20-30(35(47)31(19)39(40)49)36(48)33-24(44)9-8-23(43)32(33)34(20)46)54-28-13-21(41(5)6)37(17(3)52-28)56-29-14-25(45)38(18(4)53-29)55-27-11-10-22(42)16(2)51-27/h8-9,12,16-18,21-22,25-29,37-39,42-45,47,49-50H,7,10-11,13-15H2,1-6H3/t16?,17?,18?,21?,22?,25?,26-,27?,28?,29?,37?,38?,39+,40+/m0/s1. The van der Waals surface area contributed by atoms with E-state index >= 15 is 0 Å². The molecule has 14 atom stereocenters. The summed E-state index contributed by atoms with van der Waals surface area (Å²) in [5.74, 6) is -3.56. The first-order valence-electron chi connectivity index (χ1n) is 19.3. The van der Waals surface area contributed by atoms with Gasteiger partial charge < -0.3 is 69.1 Å². The molecule has 0 radical (unpaired) electrons. The van der Waals surface area contributed by atoms with Crippen LogP contribution in [0, 0.1) is 0 Å². The van der Waals surface area contributed by atoms with Gasteiger partial charge in [-0.2, -0.15) is 0 Å². The molecule has 5 aliphatic rings. The molecule has 16 nitrogen and oxygen atoms in total. The fraction of sp³-hybridized carbons (Fsp3) is 0.650. The first-order chi connectivity index (χ1) is 26.4. The number of ether oxygens (including phenoxy) is 6. The molecule has 7 N–H and O–H groups in total. The molecule has 11 unspecified atom stereocenters. The molecule has 16 heteroatoms. The second-order valence-corrected chi connectivity index (χ2v) is 16.1. The third kappa shape index (κ3) is 7.12. The van der Waals surface area contributed by atoms with Gasteiger partial charge in [0, 0.05) is 42.9 Å². The lowest BCUT2D eigenvalue weighted by molar-refractivity contribution is -0.328. The smallest absolute Gasteiger partial charge is 0.202 e. The van der Waals surface area contributed by atoms with Crippen molar-refractivity contribution >= 4 is 11.6 Å². The molecule has 308 valence electrons. The number of fused-ring (bicyclic) bond motifs is 3. The van der Waals surface area contributed by atoms with Crippen LogP contribution in [0.2, 0.25) is 0 Å². The number of aliphatic hydroxyl groups is 4. The second-order valence-electron chi connectivity index (χ2n) is 16.1. The van der Waals surface area contributed by atoms with Gasteiger partial charge in [0.2, 0.25) is 5.78 Å². The van der Waals surface area contributed by atoms with Crippen molar-refractivity contribution in [2.75, 3.05) is 14.1 Å². The van der Waals surface area contributed by atoms with Gasteiger partial charge in [0.05, 0.1) is 58.9 Å². The molecule has 2 aromatic carbocycles. The largest absolute Gasteiger partial charge is 0.507 e. The molecule has 3 aliphatic heterocycles. The predicted octanol–water partition coefficient (Wildman–Crippen LogP) is 2.43. The molecule has 0 amide bonds. The van der Waals surface area contributed by atoms with Crippen LogP contribution in [0.3, 0.4) is 0 Å². The average Bonchev–Trinajstić information content (AvgIpc) is 3.14. The Morgan fingerprint density at radius 1 is 0.768 bits per heavy atom. The Balaban J connectivity index is 1.10. The number of hydrogen-bond acceptors (Lipinski definition) is 16. The first-order valence-corrected chi connectivity index (χ1v) is 19.3. The predicted molar refractivity (Wildman–Crippen MR) is 194 cm³/mol. The third-order valence-electron chi connectivity index (χ3n) is 12.2. The minimum absolute atomic E-state index is 0.0417. The summed E-state index contributed by atoms with van der Waals surface area (Å²) >= 11 is 0. The van der Waals surface area contributed by atoms with Crippen LogP contribution in [-0.4, -0.2) is 140 Å². The summed E-state index contributed by atoms with van der Waals surface area (Å²) in [4.78, 5) is 29.4. The Morgan fingerprint density at radius 3 is 1.96 bits per heavy atom. The SMILES string of the molecule is CC[C@@]1(O)C[C@H](OC2CC(N(C)C)C(OC3CC(O)C(OC4CCC(O)C(C)O4)C(C)O3)C(C)O2)c2cc3c(c(O)c2[C@H]1O)C(=O)c1c(O)ccc(O)c1C3=O. The lowest BCUT2D eigenvalue weighted by Crippen LogP contribution is -2.58. The van der Waals surface area contributed by atoms with Gasteiger partial charge >= 0.3 is 0 Å². The summed E-state index contributed by atoms with van der Waals surface area (Å²) in [6.07, 6.45) is -7.94. The van der Waals surface area contributed by atoms with Crippen molar-refractivity contribution in [1.29, 1.82) is 0 Å². The maximum atomic E-state index is 13.8. The number of carbonyl (C=O) groups excluding carboxylic acids is 2. The number of likely N-dealkylation sites (N-methyl/N-ethyl adjacent to an activating group) is 1.